The molecule has 0 aliphatic heterocycles. The Labute approximate surface area is 128 Å². The number of rotatable bonds is 10. The molecule has 0 radical (unpaired) electrons. The third-order valence-corrected chi connectivity index (χ3v) is 3.00. The summed E-state index contributed by atoms with van der Waals surface area (Å²) in [5.74, 6) is 1.01. The zero-order valence-corrected chi connectivity index (χ0v) is 13.4. The molecule has 0 saturated carbocycles. The molecule has 0 aliphatic rings. The second-order valence-corrected chi connectivity index (χ2v) is 5.49. The van der Waals surface area contributed by atoms with Gasteiger partial charge in [-0.2, -0.15) is 0 Å². The Bertz CT molecular complexity index is 402. The molecule has 0 aliphatic carbocycles. The third kappa shape index (κ3) is 8.35. The Balaban J connectivity index is 2.19. The van der Waals surface area contributed by atoms with Crippen molar-refractivity contribution in [2.75, 3.05) is 13.2 Å². The zero-order valence-electron chi connectivity index (χ0n) is 13.4. The van der Waals surface area contributed by atoms with Gasteiger partial charge in [-0.1, -0.05) is 25.5 Å². The van der Waals surface area contributed by atoms with E-state index in [4.69, 9.17) is 4.74 Å². The number of carbonyl (C=O) groups excluding carboxylic acids is 1. The summed E-state index contributed by atoms with van der Waals surface area (Å²) in [6.45, 7) is 8.32. The lowest BCUT2D eigenvalue weighted by molar-refractivity contribution is -0.121. The minimum absolute atomic E-state index is 0.0946. The first-order chi connectivity index (χ1) is 10.1. The molecule has 2 N–H and O–H groups in total. The standard InChI is InChI=1S/C17H28N2O2/c1-4-5-12-21-16-8-6-15(7-9-16)13-18-11-10-17(20)19-14(2)3/h6-9,14,18H,4-5,10-13H2,1-3H3,(H,19,20). The smallest absolute Gasteiger partial charge is 0.221 e. The van der Waals surface area contributed by atoms with Crippen LogP contribution in [0.1, 0.15) is 45.6 Å². The lowest BCUT2D eigenvalue weighted by atomic mass is 10.2. The van der Waals surface area contributed by atoms with Crippen LogP contribution in [0.2, 0.25) is 0 Å². The molecule has 0 saturated heterocycles. The van der Waals surface area contributed by atoms with Crippen LogP contribution in [-0.4, -0.2) is 25.1 Å². The molecule has 0 fully saturated rings. The van der Waals surface area contributed by atoms with Crippen LogP contribution < -0.4 is 15.4 Å². The van der Waals surface area contributed by atoms with Gasteiger partial charge in [0.05, 0.1) is 6.61 Å². The lowest BCUT2D eigenvalue weighted by Gasteiger charge is -2.09. The third-order valence-electron chi connectivity index (χ3n) is 3.00. The van der Waals surface area contributed by atoms with E-state index in [0.717, 1.165) is 31.7 Å². The molecule has 21 heavy (non-hydrogen) atoms. The van der Waals surface area contributed by atoms with Crippen LogP contribution in [0, 0.1) is 0 Å². The summed E-state index contributed by atoms with van der Waals surface area (Å²) in [6.07, 6.45) is 2.74. The molecule has 0 bridgehead atoms. The molecule has 1 rings (SSSR count). The van der Waals surface area contributed by atoms with Crippen LogP contribution in [0.5, 0.6) is 5.75 Å². The summed E-state index contributed by atoms with van der Waals surface area (Å²) in [4.78, 5) is 11.5. The highest BCUT2D eigenvalue weighted by Gasteiger charge is 2.02. The highest BCUT2D eigenvalue weighted by molar-refractivity contribution is 5.76. The van der Waals surface area contributed by atoms with Gasteiger partial charge in [-0.15, -0.1) is 0 Å². The number of hydrogen-bond donors (Lipinski definition) is 2. The summed E-state index contributed by atoms with van der Waals surface area (Å²) in [7, 11) is 0. The van der Waals surface area contributed by atoms with Gasteiger partial charge < -0.3 is 15.4 Å². The van der Waals surface area contributed by atoms with Crippen molar-refractivity contribution in [2.24, 2.45) is 0 Å². The summed E-state index contributed by atoms with van der Waals surface area (Å²) in [5, 5.41) is 6.15. The fourth-order valence-corrected chi connectivity index (χ4v) is 1.87. The highest BCUT2D eigenvalue weighted by atomic mass is 16.5. The average Bonchev–Trinajstić information content (AvgIpc) is 2.45. The van der Waals surface area contributed by atoms with E-state index in [1.54, 1.807) is 0 Å². The predicted octanol–water partition coefficient (Wildman–Crippen LogP) is 2.87. The molecule has 0 aromatic heterocycles. The van der Waals surface area contributed by atoms with Crippen LogP contribution in [0.25, 0.3) is 0 Å². The monoisotopic (exact) mass is 292 g/mol. The molecule has 0 atom stereocenters. The summed E-state index contributed by atoms with van der Waals surface area (Å²) in [6, 6.07) is 8.32. The van der Waals surface area contributed by atoms with Gasteiger partial charge in [0.25, 0.3) is 0 Å². The van der Waals surface area contributed by atoms with Gasteiger partial charge in [-0.05, 0) is 38.0 Å². The van der Waals surface area contributed by atoms with Crippen molar-refractivity contribution < 1.29 is 9.53 Å². The fourth-order valence-electron chi connectivity index (χ4n) is 1.87. The van der Waals surface area contributed by atoms with Gasteiger partial charge in [-0.25, -0.2) is 0 Å². The average molecular weight is 292 g/mol. The van der Waals surface area contributed by atoms with Crippen molar-refractivity contribution in [2.45, 2.75) is 52.6 Å². The molecular weight excluding hydrogens is 264 g/mol. The molecule has 1 amide bonds. The highest BCUT2D eigenvalue weighted by Crippen LogP contribution is 2.12. The van der Waals surface area contributed by atoms with E-state index >= 15 is 0 Å². The number of amides is 1. The van der Waals surface area contributed by atoms with Gasteiger partial charge in [0.15, 0.2) is 0 Å². The van der Waals surface area contributed by atoms with Crippen LogP contribution >= 0.6 is 0 Å². The van der Waals surface area contributed by atoms with Gasteiger partial charge in [0, 0.05) is 25.6 Å². The Morgan fingerprint density at radius 1 is 1.24 bits per heavy atom. The van der Waals surface area contributed by atoms with Crippen molar-refractivity contribution in [3.8, 4) is 5.75 Å². The molecule has 4 heteroatoms. The number of nitrogens with one attached hydrogen (secondary N) is 2. The van der Waals surface area contributed by atoms with Crippen molar-refractivity contribution in [1.82, 2.24) is 10.6 Å². The van der Waals surface area contributed by atoms with E-state index in [0.29, 0.717) is 13.0 Å². The van der Waals surface area contributed by atoms with E-state index in [-0.39, 0.29) is 11.9 Å². The molecule has 0 spiro atoms. The number of unbranched alkanes of at least 4 members (excludes halogenated alkanes) is 1. The SMILES string of the molecule is CCCCOc1ccc(CNCCC(=O)NC(C)C)cc1. The van der Waals surface area contributed by atoms with E-state index in [2.05, 4.69) is 29.7 Å². The molecule has 0 heterocycles. The van der Waals surface area contributed by atoms with Crippen LogP contribution in [0.3, 0.4) is 0 Å². The predicted molar refractivity (Wildman–Crippen MR) is 86.4 cm³/mol. The lowest BCUT2D eigenvalue weighted by Crippen LogP contribution is -2.32. The second-order valence-electron chi connectivity index (χ2n) is 5.49. The van der Waals surface area contributed by atoms with E-state index in [1.165, 1.54) is 5.56 Å². The van der Waals surface area contributed by atoms with Crippen molar-refractivity contribution >= 4 is 5.91 Å². The Hall–Kier alpha value is -1.55. The summed E-state index contributed by atoms with van der Waals surface area (Å²) < 4.78 is 5.62. The van der Waals surface area contributed by atoms with Crippen molar-refractivity contribution in [1.29, 1.82) is 0 Å². The molecular formula is C17H28N2O2. The maximum atomic E-state index is 11.5. The van der Waals surface area contributed by atoms with Crippen molar-refractivity contribution in [3.05, 3.63) is 29.8 Å². The summed E-state index contributed by atoms with van der Waals surface area (Å²) >= 11 is 0. The Morgan fingerprint density at radius 2 is 1.95 bits per heavy atom. The number of ether oxygens (including phenoxy) is 1. The van der Waals surface area contributed by atoms with Gasteiger partial charge >= 0.3 is 0 Å². The first-order valence-corrected chi connectivity index (χ1v) is 7.83. The van der Waals surface area contributed by atoms with Crippen molar-refractivity contribution in [3.63, 3.8) is 0 Å². The largest absolute Gasteiger partial charge is 0.494 e. The topological polar surface area (TPSA) is 50.4 Å². The minimum atomic E-state index is 0.0946. The minimum Gasteiger partial charge on any atom is -0.494 e. The Morgan fingerprint density at radius 3 is 2.57 bits per heavy atom. The molecule has 0 unspecified atom stereocenters. The maximum absolute atomic E-state index is 11.5. The molecule has 1 aromatic carbocycles. The number of hydrogen-bond acceptors (Lipinski definition) is 3. The van der Waals surface area contributed by atoms with Crippen LogP contribution in [0.4, 0.5) is 0 Å². The first kappa shape index (κ1) is 17.5. The zero-order chi connectivity index (χ0) is 15.5. The van der Waals surface area contributed by atoms with Gasteiger partial charge in [-0.3, -0.25) is 4.79 Å². The molecule has 1 aromatic rings. The number of carbonyl (C=O) groups is 1. The quantitative estimate of drug-likeness (QED) is 0.652. The maximum Gasteiger partial charge on any atom is 0.221 e. The van der Waals surface area contributed by atoms with E-state index in [9.17, 15) is 4.79 Å². The van der Waals surface area contributed by atoms with Gasteiger partial charge in [0.1, 0.15) is 5.75 Å². The van der Waals surface area contributed by atoms with Crippen LogP contribution in [0.15, 0.2) is 24.3 Å². The fraction of sp³-hybridized carbons (Fsp3) is 0.588. The second kappa shape index (κ2) is 10.2. The molecule has 118 valence electrons. The first-order valence-electron chi connectivity index (χ1n) is 7.83. The molecule has 4 nitrogen and oxygen atoms in total. The van der Waals surface area contributed by atoms with E-state index in [1.807, 2.05) is 26.0 Å². The Kier molecular flexibility index (Phi) is 8.51. The summed E-state index contributed by atoms with van der Waals surface area (Å²) in [5.41, 5.74) is 1.20. The van der Waals surface area contributed by atoms with Crippen LogP contribution in [-0.2, 0) is 11.3 Å². The van der Waals surface area contributed by atoms with E-state index < -0.39 is 0 Å². The number of benzene rings is 1. The normalized spacial score (nSPS) is 10.7. The van der Waals surface area contributed by atoms with Gasteiger partial charge in [0.2, 0.25) is 5.91 Å².